The second kappa shape index (κ2) is 5.83. The first-order chi connectivity index (χ1) is 9.58. The van der Waals surface area contributed by atoms with Crippen LogP contribution in [0.15, 0.2) is 24.3 Å². The fourth-order valence-electron chi connectivity index (χ4n) is 2.35. The summed E-state index contributed by atoms with van der Waals surface area (Å²) in [6.45, 7) is -0.288. The van der Waals surface area contributed by atoms with Crippen LogP contribution in [0.2, 0.25) is 0 Å². The molecule has 2 rings (SSSR count). The summed E-state index contributed by atoms with van der Waals surface area (Å²) in [5.41, 5.74) is 1.12. The van der Waals surface area contributed by atoms with E-state index in [2.05, 4.69) is 0 Å². The van der Waals surface area contributed by atoms with Gasteiger partial charge in [0.2, 0.25) is 5.91 Å². The van der Waals surface area contributed by atoms with Crippen LogP contribution in [0, 0.1) is 0 Å². The maximum atomic E-state index is 11.8. The van der Waals surface area contributed by atoms with Crippen LogP contribution in [0.5, 0.6) is 0 Å². The van der Waals surface area contributed by atoms with E-state index in [1.54, 1.807) is 24.3 Å². The third-order valence-electron chi connectivity index (χ3n) is 3.46. The number of carboxylic acid groups (broad SMARTS) is 1. The van der Waals surface area contributed by atoms with E-state index in [9.17, 15) is 14.4 Å². The van der Waals surface area contributed by atoms with Crippen molar-refractivity contribution in [2.75, 3.05) is 11.5 Å². The summed E-state index contributed by atoms with van der Waals surface area (Å²) >= 11 is 0. The molecule has 20 heavy (non-hydrogen) atoms. The number of benzene rings is 1. The van der Waals surface area contributed by atoms with Gasteiger partial charge in [0.15, 0.2) is 0 Å². The van der Waals surface area contributed by atoms with Crippen molar-refractivity contribution in [1.29, 1.82) is 0 Å². The molecule has 1 heterocycles. The van der Waals surface area contributed by atoms with Gasteiger partial charge in [-0.2, -0.15) is 0 Å². The highest BCUT2D eigenvalue weighted by atomic mass is 16.4. The number of amides is 1. The van der Waals surface area contributed by atoms with Crippen molar-refractivity contribution in [3.63, 3.8) is 0 Å². The molecule has 0 aliphatic carbocycles. The Hall–Kier alpha value is -2.21. The van der Waals surface area contributed by atoms with E-state index < -0.39 is 17.9 Å². The van der Waals surface area contributed by atoms with Crippen molar-refractivity contribution in [3.8, 4) is 0 Å². The number of aliphatic hydroxyl groups excluding tert-OH is 1. The van der Waals surface area contributed by atoms with Gasteiger partial charge in [-0.15, -0.1) is 0 Å². The maximum absolute atomic E-state index is 11.8. The SMILES string of the molecule is O=C[C@@H](CO)c1ccc(N2C(=O)CC[C@H]2C(=O)O)cc1. The van der Waals surface area contributed by atoms with Crippen LogP contribution in [-0.2, 0) is 14.4 Å². The number of nitrogens with zero attached hydrogens (tertiary/aromatic N) is 1. The van der Waals surface area contributed by atoms with Gasteiger partial charge in [-0.25, -0.2) is 4.79 Å². The van der Waals surface area contributed by atoms with Gasteiger partial charge in [0.25, 0.3) is 0 Å². The number of hydrogen-bond donors (Lipinski definition) is 2. The maximum Gasteiger partial charge on any atom is 0.326 e. The van der Waals surface area contributed by atoms with E-state index in [1.165, 1.54) is 4.90 Å². The highest BCUT2D eigenvalue weighted by Gasteiger charge is 2.36. The van der Waals surface area contributed by atoms with Gasteiger partial charge in [0.1, 0.15) is 12.3 Å². The predicted molar refractivity (Wildman–Crippen MR) is 70.5 cm³/mol. The van der Waals surface area contributed by atoms with Crippen molar-refractivity contribution in [3.05, 3.63) is 29.8 Å². The lowest BCUT2D eigenvalue weighted by atomic mass is 10.0. The van der Waals surface area contributed by atoms with Crippen LogP contribution in [0.4, 0.5) is 5.69 Å². The fourth-order valence-corrected chi connectivity index (χ4v) is 2.35. The molecule has 1 aromatic rings. The van der Waals surface area contributed by atoms with Crippen molar-refractivity contribution in [2.24, 2.45) is 0 Å². The van der Waals surface area contributed by atoms with Crippen LogP contribution in [0.3, 0.4) is 0 Å². The van der Waals surface area contributed by atoms with E-state index in [0.717, 1.165) is 0 Å². The lowest BCUT2D eigenvalue weighted by Gasteiger charge is -2.22. The smallest absolute Gasteiger partial charge is 0.326 e. The van der Waals surface area contributed by atoms with E-state index in [1.807, 2.05) is 0 Å². The molecule has 1 aliphatic heterocycles. The van der Waals surface area contributed by atoms with Crippen molar-refractivity contribution >= 4 is 23.9 Å². The lowest BCUT2D eigenvalue weighted by molar-refractivity contribution is -0.138. The normalized spacial score (nSPS) is 19.9. The van der Waals surface area contributed by atoms with E-state index in [0.29, 0.717) is 24.0 Å². The van der Waals surface area contributed by atoms with Crippen LogP contribution in [-0.4, -0.2) is 41.0 Å². The summed E-state index contributed by atoms with van der Waals surface area (Å²) in [6, 6.07) is 5.60. The molecule has 6 heteroatoms. The molecule has 1 saturated heterocycles. The second-order valence-electron chi connectivity index (χ2n) is 4.67. The van der Waals surface area contributed by atoms with Gasteiger partial charge in [-0.3, -0.25) is 9.69 Å². The largest absolute Gasteiger partial charge is 0.480 e. The molecule has 1 aliphatic rings. The van der Waals surface area contributed by atoms with Gasteiger partial charge in [-0.05, 0) is 24.1 Å². The van der Waals surface area contributed by atoms with Gasteiger partial charge >= 0.3 is 5.97 Å². The first kappa shape index (κ1) is 14.2. The van der Waals surface area contributed by atoms with Crippen molar-refractivity contribution in [1.82, 2.24) is 0 Å². The van der Waals surface area contributed by atoms with Gasteiger partial charge in [-0.1, -0.05) is 12.1 Å². The van der Waals surface area contributed by atoms with Gasteiger partial charge in [0, 0.05) is 12.1 Å². The quantitative estimate of drug-likeness (QED) is 0.766. The van der Waals surface area contributed by atoms with Crippen LogP contribution < -0.4 is 4.90 Å². The van der Waals surface area contributed by atoms with Gasteiger partial charge < -0.3 is 15.0 Å². The summed E-state index contributed by atoms with van der Waals surface area (Å²) < 4.78 is 0. The predicted octanol–water partition coefficient (Wildman–Crippen LogP) is 0.541. The highest BCUT2D eigenvalue weighted by molar-refractivity contribution is 6.02. The highest BCUT2D eigenvalue weighted by Crippen LogP contribution is 2.28. The number of anilines is 1. The minimum Gasteiger partial charge on any atom is -0.480 e. The molecular formula is C14H15NO5. The second-order valence-corrected chi connectivity index (χ2v) is 4.67. The molecular weight excluding hydrogens is 262 g/mol. The number of carbonyl (C=O) groups excluding carboxylic acids is 2. The average Bonchev–Trinajstić information content (AvgIpc) is 2.83. The zero-order valence-corrected chi connectivity index (χ0v) is 10.7. The van der Waals surface area contributed by atoms with Gasteiger partial charge in [0.05, 0.1) is 12.5 Å². The number of carboxylic acids is 1. The van der Waals surface area contributed by atoms with Crippen LogP contribution >= 0.6 is 0 Å². The first-order valence-corrected chi connectivity index (χ1v) is 6.29. The number of aldehydes is 1. The van der Waals surface area contributed by atoms with E-state index in [-0.39, 0.29) is 18.9 Å². The number of aliphatic hydroxyl groups is 1. The Morgan fingerprint density at radius 2 is 2.05 bits per heavy atom. The third kappa shape index (κ3) is 2.55. The minimum absolute atomic E-state index is 0.215. The van der Waals surface area contributed by atoms with E-state index >= 15 is 0 Å². The molecule has 1 amide bonds. The minimum atomic E-state index is -1.03. The van der Waals surface area contributed by atoms with E-state index in [4.69, 9.17) is 10.2 Å². The molecule has 0 aromatic heterocycles. The number of rotatable bonds is 5. The molecule has 2 N–H and O–H groups in total. The molecule has 0 spiro atoms. The summed E-state index contributed by atoms with van der Waals surface area (Å²) in [5, 5.41) is 18.2. The first-order valence-electron chi connectivity index (χ1n) is 6.29. The Labute approximate surface area is 115 Å². The summed E-state index contributed by atoms with van der Waals surface area (Å²) in [4.78, 5) is 34.9. The summed E-state index contributed by atoms with van der Waals surface area (Å²) in [7, 11) is 0. The molecule has 1 fully saturated rings. The third-order valence-corrected chi connectivity index (χ3v) is 3.46. The monoisotopic (exact) mass is 277 g/mol. The zero-order valence-electron chi connectivity index (χ0n) is 10.7. The van der Waals surface area contributed by atoms with Crippen LogP contribution in [0.1, 0.15) is 24.3 Å². The molecule has 106 valence electrons. The zero-order chi connectivity index (χ0) is 14.7. The Morgan fingerprint density at radius 3 is 2.55 bits per heavy atom. The summed E-state index contributed by atoms with van der Waals surface area (Å²) in [5.74, 6) is -1.85. The Balaban J connectivity index is 2.27. The fraction of sp³-hybridized carbons (Fsp3) is 0.357. The number of carbonyl (C=O) groups is 3. The lowest BCUT2D eigenvalue weighted by Crippen LogP contribution is -2.38. The topological polar surface area (TPSA) is 94.9 Å². The Bertz CT molecular complexity index is 525. The van der Waals surface area contributed by atoms with Crippen molar-refractivity contribution < 1.29 is 24.6 Å². The molecule has 0 saturated carbocycles. The molecule has 0 bridgehead atoms. The average molecular weight is 277 g/mol. The molecule has 0 unspecified atom stereocenters. The van der Waals surface area contributed by atoms with Crippen LogP contribution in [0.25, 0.3) is 0 Å². The molecule has 6 nitrogen and oxygen atoms in total. The Morgan fingerprint density at radius 1 is 1.40 bits per heavy atom. The number of hydrogen-bond acceptors (Lipinski definition) is 4. The number of aliphatic carboxylic acids is 1. The standard InChI is InChI=1S/C14H15NO5/c16-7-10(8-17)9-1-3-11(4-2-9)15-12(14(19)20)5-6-13(15)18/h1-4,7,10,12,17H,5-6,8H2,(H,19,20)/t10-,12-/m0/s1. The molecule has 1 aromatic carbocycles. The van der Waals surface area contributed by atoms with Crippen molar-refractivity contribution in [2.45, 2.75) is 24.8 Å². The molecule has 2 atom stereocenters. The summed E-state index contributed by atoms with van der Waals surface area (Å²) in [6.07, 6.45) is 1.16. The molecule has 0 radical (unpaired) electrons. The Kier molecular flexibility index (Phi) is 4.14.